The number of tetrazole rings is 1. The summed E-state index contributed by atoms with van der Waals surface area (Å²) in [6, 6.07) is 0. The maximum Gasteiger partial charge on any atom is 0.269 e. The van der Waals surface area contributed by atoms with Crippen molar-refractivity contribution in [3.05, 3.63) is 0 Å². The molecule has 1 atom stereocenters. The Balaban J connectivity index is 2.51. The van der Waals surface area contributed by atoms with Crippen molar-refractivity contribution >= 4 is 11.9 Å². The zero-order valence-corrected chi connectivity index (χ0v) is 7.35. The highest BCUT2D eigenvalue weighted by Crippen LogP contribution is 2.03. The number of amides is 1. The minimum atomic E-state index is -1.06. The van der Waals surface area contributed by atoms with E-state index in [-0.39, 0.29) is 11.9 Å². The second-order valence-corrected chi connectivity index (χ2v) is 2.91. The fourth-order valence-corrected chi connectivity index (χ4v) is 0.702. The Labute approximate surface area is 74.5 Å². The number of aliphatic hydroxyl groups excluding tert-OH is 1. The largest absolute Gasteiger partial charge is 0.383 e. The van der Waals surface area contributed by atoms with Crippen LogP contribution in [0.4, 0.5) is 5.95 Å². The molecule has 0 aromatic carbocycles. The topological polar surface area (TPSA) is 104 Å². The molecule has 72 valence electrons. The molecule has 0 saturated carbocycles. The van der Waals surface area contributed by atoms with Crippen molar-refractivity contribution in [2.45, 2.75) is 20.0 Å². The van der Waals surface area contributed by atoms with E-state index in [1.165, 1.54) is 0 Å². The van der Waals surface area contributed by atoms with Crippen LogP contribution in [0.5, 0.6) is 0 Å². The monoisotopic (exact) mass is 185 g/mol. The van der Waals surface area contributed by atoms with Crippen molar-refractivity contribution in [2.24, 2.45) is 5.92 Å². The van der Waals surface area contributed by atoms with Crippen molar-refractivity contribution < 1.29 is 9.90 Å². The molecule has 0 radical (unpaired) electrons. The predicted molar refractivity (Wildman–Crippen MR) is 43.7 cm³/mol. The number of carbonyl (C=O) groups is 1. The van der Waals surface area contributed by atoms with Gasteiger partial charge in [-0.05, 0) is 11.1 Å². The number of aromatic amines is 1. The van der Waals surface area contributed by atoms with Crippen LogP contribution >= 0.6 is 0 Å². The molecule has 0 aliphatic heterocycles. The molecule has 1 aromatic rings. The Morgan fingerprint density at radius 2 is 2.31 bits per heavy atom. The number of hydrogen-bond donors (Lipinski definition) is 3. The van der Waals surface area contributed by atoms with Gasteiger partial charge in [0.25, 0.3) is 11.9 Å². The van der Waals surface area contributed by atoms with Gasteiger partial charge in [-0.1, -0.05) is 18.9 Å². The van der Waals surface area contributed by atoms with Crippen LogP contribution in [0, 0.1) is 5.92 Å². The number of aromatic nitrogens is 4. The van der Waals surface area contributed by atoms with Gasteiger partial charge in [-0.15, -0.1) is 5.10 Å². The highest BCUT2D eigenvalue weighted by atomic mass is 16.3. The van der Waals surface area contributed by atoms with E-state index >= 15 is 0 Å². The average molecular weight is 185 g/mol. The van der Waals surface area contributed by atoms with Crippen LogP contribution in [0.25, 0.3) is 0 Å². The Morgan fingerprint density at radius 3 is 2.77 bits per heavy atom. The lowest BCUT2D eigenvalue weighted by atomic mass is 10.1. The minimum absolute atomic E-state index is 0.0599. The van der Waals surface area contributed by atoms with Gasteiger partial charge in [0, 0.05) is 0 Å². The first-order valence-corrected chi connectivity index (χ1v) is 3.83. The lowest BCUT2D eigenvalue weighted by molar-refractivity contribution is -0.126. The first-order valence-electron chi connectivity index (χ1n) is 3.83. The molecule has 1 rings (SSSR count). The molecule has 0 bridgehead atoms. The number of nitrogens with zero attached hydrogens (tertiary/aromatic N) is 3. The van der Waals surface area contributed by atoms with Gasteiger partial charge in [0.15, 0.2) is 0 Å². The Bertz CT molecular complexity index is 271. The second-order valence-electron chi connectivity index (χ2n) is 2.91. The molecule has 7 heteroatoms. The third kappa shape index (κ3) is 2.48. The fourth-order valence-electron chi connectivity index (χ4n) is 0.702. The van der Waals surface area contributed by atoms with Crippen LogP contribution in [0.3, 0.4) is 0 Å². The number of H-pyrrole nitrogens is 1. The number of hydrogen-bond acceptors (Lipinski definition) is 5. The first-order chi connectivity index (χ1) is 6.11. The summed E-state index contributed by atoms with van der Waals surface area (Å²) in [5, 5.41) is 24.0. The molecule has 0 saturated heterocycles. The SMILES string of the molecule is CC(C)[C@H](O)C(=O)Nc1nn[nH]n1. The zero-order chi connectivity index (χ0) is 9.84. The van der Waals surface area contributed by atoms with E-state index in [1.54, 1.807) is 13.8 Å². The van der Waals surface area contributed by atoms with E-state index < -0.39 is 12.0 Å². The van der Waals surface area contributed by atoms with Gasteiger partial charge in [-0.2, -0.15) is 5.21 Å². The molecule has 1 aromatic heterocycles. The Kier molecular flexibility index (Phi) is 2.91. The van der Waals surface area contributed by atoms with E-state index in [0.29, 0.717) is 0 Å². The lowest BCUT2D eigenvalue weighted by Crippen LogP contribution is -2.32. The van der Waals surface area contributed by atoms with Crippen LogP contribution in [0.1, 0.15) is 13.8 Å². The zero-order valence-electron chi connectivity index (χ0n) is 7.35. The third-order valence-corrected chi connectivity index (χ3v) is 1.48. The van der Waals surface area contributed by atoms with Gasteiger partial charge in [0.1, 0.15) is 6.10 Å². The Hall–Kier alpha value is -1.50. The number of anilines is 1. The van der Waals surface area contributed by atoms with Crippen molar-refractivity contribution in [3.63, 3.8) is 0 Å². The minimum Gasteiger partial charge on any atom is -0.383 e. The Morgan fingerprint density at radius 1 is 1.62 bits per heavy atom. The highest BCUT2D eigenvalue weighted by Gasteiger charge is 2.19. The van der Waals surface area contributed by atoms with Gasteiger partial charge in [-0.3, -0.25) is 10.1 Å². The normalized spacial score (nSPS) is 12.9. The number of carbonyl (C=O) groups excluding carboxylic acids is 1. The molecule has 0 fully saturated rings. The quantitative estimate of drug-likeness (QED) is 0.569. The summed E-state index contributed by atoms with van der Waals surface area (Å²) < 4.78 is 0. The van der Waals surface area contributed by atoms with Crippen LogP contribution in [0.15, 0.2) is 0 Å². The van der Waals surface area contributed by atoms with E-state index in [0.717, 1.165) is 0 Å². The molecular formula is C6H11N5O2. The molecule has 0 aliphatic rings. The van der Waals surface area contributed by atoms with Crippen molar-refractivity contribution in [3.8, 4) is 0 Å². The van der Waals surface area contributed by atoms with E-state index in [1.807, 2.05) is 0 Å². The van der Waals surface area contributed by atoms with Crippen molar-refractivity contribution in [1.29, 1.82) is 0 Å². The van der Waals surface area contributed by atoms with Crippen LogP contribution in [-0.2, 0) is 4.79 Å². The number of rotatable bonds is 3. The average Bonchev–Trinajstić information content (AvgIpc) is 2.55. The molecule has 0 aliphatic carbocycles. The summed E-state index contributed by atoms with van der Waals surface area (Å²) in [6.45, 7) is 3.47. The predicted octanol–water partition coefficient (Wildman–Crippen LogP) is -0.845. The summed E-state index contributed by atoms with van der Waals surface area (Å²) in [7, 11) is 0. The smallest absolute Gasteiger partial charge is 0.269 e. The van der Waals surface area contributed by atoms with Gasteiger partial charge in [0.05, 0.1) is 0 Å². The molecular weight excluding hydrogens is 174 g/mol. The molecule has 7 nitrogen and oxygen atoms in total. The summed E-state index contributed by atoms with van der Waals surface area (Å²) in [4.78, 5) is 11.2. The molecule has 1 heterocycles. The van der Waals surface area contributed by atoms with E-state index in [9.17, 15) is 9.90 Å². The van der Waals surface area contributed by atoms with Crippen LogP contribution in [0.2, 0.25) is 0 Å². The number of aliphatic hydroxyl groups is 1. The lowest BCUT2D eigenvalue weighted by Gasteiger charge is -2.11. The fraction of sp³-hybridized carbons (Fsp3) is 0.667. The summed E-state index contributed by atoms with van der Waals surface area (Å²) in [6.07, 6.45) is -1.06. The van der Waals surface area contributed by atoms with Crippen LogP contribution in [-0.4, -0.2) is 37.7 Å². The standard InChI is InChI=1S/C6H11N5O2/c1-3(2)4(12)5(13)7-6-8-10-11-9-6/h3-4,12H,1-2H3,(H2,7,8,9,10,11,13)/t4-/m0/s1. The van der Waals surface area contributed by atoms with Gasteiger partial charge >= 0.3 is 0 Å². The maximum absolute atomic E-state index is 11.2. The summed E-state index contributed by atoms with van der Waals surface area (Å²) >= 11 is 0. The van der Waals surface area contributed by atoms with Gasteiger partial charge in [0.2, 0.25) is 0 Å². The van der Waals surface area contributed by atoms with Gasteiger partial charge in [-0.25, -0.2) is 0 Å². The van der Waals surface area contributed by atoms with E-state index in [4.69, 9.17) is 0 Å². The number of nitrogens with one attached hydrogen (secondary N) is 2. The maximum atomic E-state index is 11.2. The molecule has 0 unspecified atom stereocenters. The highest BCUT2D eigenvalue weighted by molar-refractivity contribution is 5.92. The van der Waals surface area contributed by atoms with Crippen LogP contribution < -0.4 is 5.32 Å². The van der Waals surface area contributed by atoms with E-state index in [2.05, 4.69) is 25.9 Å². The molecule has 13 heavy (non-hydrogen) atoms. The third-order valence-electron chi connectivity index (χ3n) is 1.48. The van der Waals surface area contributed by atoms with Crippen molar-refractivity contribution in [1.82, 2.24) is 20.6 Å². The van der Waals surface area contributed by atoms with Crippen molar-refractivity contribution in [2.75, 3.05) is 5.32 Å². The first kappa shape index (κ1) is 9.59. The van der Waals surface area contributed by atoms with Gasteiger partial charge < -0.3 is 5.11 Å². The summed E-state index contributed by atoms with van der Waals surface area (Å²) in [5.74, 6) is -0.618. The molecule has 1 amide bonds. The molecule has 3 N–H and O–H groups in total. The molecule has 0 spiro atoms. The summed E-state index contributed by atoms with van der Waals surface area (Å²) in [5.41, 5.74) is 0. The second kappa shape index (κ2) is 3.94.